The summed E-state index contributed by atoms with van der Waals surface area (Å²) in [6.07, 6.45) is 0. The van der Waals surface area contributed by atoms with Crippen LogP contribution in [0.2, 0.25) is 5.02 Å². The highest BCUT2D eigenvalue weighted by atomic mass is 35.5. The lowest BCUT2D eigenvalue weighted by Crippen LogP contribution is -2.50. The number of carbonyl (C=O) groups is 1. The first-order chi connectivity index (χ1) is 12.1. The van der Waals surface area contributed by atoms with Gasteiger partial charge in [-0.2, -0.15) is 0 Å². The van der Waals surface area contributed by atoms with E-state index >= 15 is 0 Å². The predicted octanol–water partition coefficient (Wildman–Crippen LogP) is 4.01. The maximum Gasteiger partial charge on any atom is 0.321 e. The second kappa shape index (κ2) is 7.66. The zero-order chi connectivity index (χ0) is 17.8. The smallest absolute Gasteiger partial charge is 0.321 e. The summed E-state index contributed by atoms with van der Waals surface area (Å²) >= 11 is 6.12. The van der Waals surface area contributed by atoms with Crippen molar-refractivity contribution in [3.8, 4) is 5.75 Å². The molecule has 0 atom stereocenters. The maximum atomic E-state index is 12.5. The van der Waals surface area contributed by atoms with Crippen molar-refractivity contribution in [2.75, 3.05) is 43.5 Å². The monoisotopic (exact) mass is 359 g/mol. The van der Waals surface area contributed by atoms with E-state index in [2.05, 4.69) is 10.2 Å². The standard InChI is InChI=1S/C19H22ClN3O2/c1-14-15(20)6-5-7-16(14)21-19(24)23-12-10-22(11-13-23)17-8-3-4-9-18(17)25-2/h3-9H,10-13H2,1-2H3,(H,21,24). The van der Waals surface area contributed by atoms with E-state index in [1.807, 2.05) is 54.3 Å². The predicted molar refractivity (Wildman–Crippen MR) is 102 cm³/mol. The molecule has 0 spiro atoms. The first kappa shape index (κ1) is 17.4. The zero-order valence-electron chi connectivity index (χ0n) is 14.5. The number of hydrogen-bond acceptors (Lipinski definition) is 3. The highest BCUT2D eigenvalue weighted by Gasteiger charge is 2.23. The molecule has 132 valence electrons. The minimum Gasteiger partial charge on any atom is -0.495 e. The van der Waals surface area contributed by atoms with Crippen LogP contribution in [0.25, 0.3) is 0 Å². The zero-order valence-corrected chi connectivity index (χ0v) is 15.2. The molecule has 2 aromatic rings. The lowest BCUT2D eigenvalue weighted by molar-refractivity contribution is 0.208. The van der Waals surface area contributed by atoms with Crippen molar-refractivity contribution < 1.29 is 9.53 Å². The number of halogens is 1. The van der Waals surface area contributed by atoms with Gasteiger partial charge in [0.25, 0.3) is 0 Å². The second-order valence-electron chi connectivity index (χ2n) is 5.99. The Balaban J connectivity index is 1.62. The number of rotatable bonds is 3. The first-order valence-electron chi connectivity index (χ1n) is 8.29. The number of nitrogens with zero attached hydrogens (tertiary/aromatic N) is 2. The van der Waals surface area contributed by atoms with Crippen LogP contribution in [0.1, 0.15) is 5.56 Å². The molecule has 2 amide bonds. The van der Waals surface area contributed by atoms with Gasteiger partial charge in [0.15, 0.2) is 0 Å². The third-order valence-corrected chi connectivity index (χ3v) is 4.91. The highest BCUT2D eigenvalue weighted by molar-refractivity contribution is 6.31. The van der Waals surface area contributed by atoms with Crippen molar-refractivity contribution >= 4 is 29.0 Å². The number of urea groups is 1. The van der Waals surface area contributed by atoms with Crippen molar-refractivity contribution in [1.29, 1.82) is 0 Å². The van der Waals surface area contributed by atoms with Crippen molar-refractivity contribution in [2.24, 2.45) is 0 Å². The van der Waals surface area contributed by atoms with Crippen LogP contribution >= 0.6 is 11.6 Å². The van der Waals surface area contributed by atoms with Gasteiger partial charge in [0.05, 0.1) is 12.8 Å². The van der Waals surface area contributed by atoms with E-state index in [4.69, 9.17) is 16.3 Å². The average molecular weight is 360 g/mol. The summed E-state index contributed by atoms with van der Waals surface area (Å²) in [4.78, 5) is 16.6. The van der Waals surface area contributed by atoms with Gasteiger partial charge < -0.3 is 19.9 Å². The minimum atomic E-state index is -0.0926. The normalized spacial score (nSPS) is 14.4. The molecular weight excluding hydrogens is 338 g/mol. The third kappa shape index (κ3) is 3.82. The molecule has 6 heteroatoms. The van der Waals surface area contributed by atoms with Crippen molar-refractivity contribution in [3.63, 3.8) is 0 Å². The summed E-state index contributed by atoms with van der Waals surface area (Å²) < 4.78 is 5.43. The molecule has 0 unspecified atom stereocenters. The Kier molecular flexibility index (Phi) is 5.34. The molecule has 5 nitrogen and oxygen atoms in total. The number of piperazine rings is 1. The molecule has 0 saturated carbocycles. The van der Waals surface area contributed by atoms with Crippen LogP contribution in [0.15, 0.2) is 42.5 Å². The van der Waals surface area contributed by atoms with Crippen LogP contribution in [-0.4, -0.2) is 44.2 Å². The van der Waals surface area contributed by atoms with Gasteiger partial charge in [-0.3, -0.25) is 0 Å². The van der Waals surface area contributed by atoms with E-state index in [-0.39, 0.29) is 6.03 Å². The number of methoxy groups -OCH3 is 1. The number of nitrogens with one attached hydrogen (secondary N) is 1. The minimum absolute atomic E-state index is 0.0926. The SMILES string of the molecule is COc1ccccc1N1CCN(C(=O)Nc2cccc(Cl)c2C)CC1. The quantitative estimate of drug-likeness (QED) is 0.900. The number of carbonyl (C=O) groups excluding carboxylic acids is 1. The Morgan fingerprint density at radius 2 is 1.80 bits per heavy atom. The summed E-state index contributed by atoms with van der Waals surface area (Å²) in [5.41, 5.74) is 2.70. The second-order valence-corrected chi connectivity index (χ2v) is 6.40. The number of amides is 2. The van der Waals surface area contributed by atoms with Gasteiger partial charge in [0.2, 0.25) is 0 Å². The molecule has 2 aromatic carbocycles. The molecule has 1 heterocycles. The van der Waals surface area contributed by atoms with E-state index in [1.165, 1.54) is 0 Å². The fraction of sp³-hybridized carbons (Fsp3) is 0.316. The summed E-state index contributed by atoms with van der Waals surface area (Å²) in [5.74, 6) is 0.856. The molecule has 3 rings (SSSR count). The molecule has 1 N–H and O–H groups in total. The van der Waals surface area contributed by atoms with Crippen LogP contribution in [0, 0.1) is 6.92 Å². The Bertz CT molecular complexity index is 758. The van der Waals surface area contributed by atoms with Gasteiger partial charge in [-0.05, 0) is 36.8 Å². The summed E-state index contributed by atoms with van der Waals surface area (Å²) in [5, 5.41) is 3.61. The molecule has 0 radical (unpaired) electrons. The lowest BCUT2D eigenvalue weighted by atomic mass is 10.2. The fourth-order valence-corrected chi connectivity index (χ4v) is 3.15. The fourth-order valence-electron chi connectivity index (χ4n) is 2.98. The van der Waals surface area contributed by atoms with Crippen LogP contribution in [0.4, 0.5) is 16.2 Å². The van der Waals surface area contributed by atoms with E-state index < -0.39 is 0 Å². The van der Waals surface area contributed by atoms with Gasteiger partial charge in [0.1, 0.15) is 5.75 Å². The van der Waals surface area contributed by atoms with E-state index in [1.54, 1.807) is 7.11 Å². The molecular formula is C19H22ClN3O2. The lowest BCUT2D eigenvalue weighted by Gasteiger charge is -2.36. The van der Waals surface area contributed by atoms with Gasteiger partial charge in [0, 0.05) is 36.9 Å². The number of hydrogen-bond donors (Lipinski definition) is 1. The van der Waals surface area contributed by atoms with Crippen molar-refractivity contribution in [1.82, 2.24) is 4.90 Å². The van der Waals surface area contributed by atoms with E-state index in [0.717, 1.165) is 35.8 Å². The van der Waals surface area contributed by atoms with Crippen molar-refractivity contribution in [2.45, 2.75) is 6.92 Å². The average Bonchev–Trinajstić information content (AvgIpc) is 2.65. The molecule has 0 bridgehead atoms. The molecule has 0 aromatic heterocycles. The molecule has 1 fully saturated rings. The first-order valence-corrected chi connectivity index (χ1v) is 8.67. The largest absolute Gasteiger partial charge is 0.495 e. The van der Waals surface area contributed by atoms with Crippen LogP contribution < -0.4 is 15.0 Å². The Labute approximate surface area is 153 Å². The summed E-state index contributed by atoms with van der Waals surface area (Å²) in [6, 6.07) is 13.4. The Hall–Kier alpha value is -2.40. The summed E-state index contributed by atoms with van der Waals surface area (Å²) in [6.45, 7) is 4.75. The number of benzene rings is 2. The van der Waals surface area contributed by atoms with Gasteiger partial charge in [-0.1, -0.05) is 29.8 Å². The van der Waals surface area contributed by atoms with Gasteiger partial charge in [-0.25, -0.2) is 4.79 Å². The molecule has 1 aliphatic rings. The van der Waals surface area contributed by atoms with Crippen LogP contribution in [0.3, 0.4) is 0 Å². The summed E-state index contributed by atoms with van der Waals surface area (Å²) in [7, 11) is 1.68. The topological polar surface area (TPSA) is 44.8 Å². The maximum absolute atomic E-state index is 12.5. The molecule has 25 heavy (non-hydrogen) atoms. The Morgan fingerprint density at radius 1 is 1.08 bits per heavy atom. The van der Waals surface area contributed by atoms with E-state index in [0.29, 0.717) is 18.1 Å². The number of para-hydroxylation sites is 2. The van der Waals surface area contributed by atoms with Gasteiger partial charge in [-0.15, -0.1) is 0 Å². The number of anilines is 2. The van der Waals surface area contributed by atoms with Crippen LogP contribution in [-0.2, 0) is 0 Å². The molecule has 1 saturated heterocycles. The Morgan fingerprint density at radius 3 is 2.52 bits per heavy atom. The number of ether oxygens (including phenoxy) is 1. The molecule has 1 aliphatic heterocycles. The van der Waals surface area contributed by atoms with Crippen molar-refractivity contribution in [3.05, 3.63) is 53.1 Å². The third-order valence-electron chi connectivity index (χ3n) is 4.50. The van der Waals surface area contributed by atoms with Gasteiger partial charge >= 0.3 is 6.03 Å². The molecule has 0 aliphatic carbocycles. The highest BCUT2D eigenvalue weighted by Crippen LogP contribution is 2.28. The van der Waals surface area contributed by atoms with Crippen LogP contribution in [0.5, 0.6) is 5.75 Å². The van der Waals surface area contributed by atoms with E-state index in [9.17, 15) is 4.79 Å².